The summed E-state index contributed by atoms with van der Waals surface area (Å²) in [6, 6.07) is 0. The van der Waals surface area contributed by atoms with E-state index in [9.17, 15) is 9.59 Å². The Balaban J connectivity index is 1.95. The van der Waals surface area contributed by atoms with Crippen molar-refractivity contribution in [2.24, 2.45) is 0 Å². The van der Waals surface area contributed by atoms with Gasteiger partial charge in [-0.25, -0.2) is 14.8 Å². The number of rotatable bonds is 4. The monoisotopic (exact) mass is 283 g/mol. The first-order valence-corrected chi connectivity index (χ1v) is 6.64. The number of thiazole rings is 2. The molecule has 1 amide bonds. The van der Waals surface area contributed by atoms with Gasteiger partial charge >= 0.3 is 5.97 Å². The quantitative estimate of drug-likeness (QED) is 0.888. The molecule has 94 valence electrons. The van der Waals surface area contributed by atoms with Gasteiger partial charge in [-0.3, -0.25) is 4.79 Å². The highest BCUT2D eigenvalue weighted by atomic mass is 32.1. The summed E-state index contributed by atoms with van der Waals surface area (Å²) in [4.78, 5) is 30.7. The molecular formula is C10H9N3O3S2. The van der Waals surface area contributed by atoms with Crippen molar-refractivity contribution >= 4 is 34.6 Å². The van der Waals surface area contributed by atoms with Gasteiger partial charge in [-0.05, 0) is 6.92 Å². The van der Waals surface area contributed by atoms with Gasteiger partial charge in [0.15, 0.2) is 5.69 Å². The van der Waals surface area contributed by atoms with E-state index in [1.807, 2.05) is 6.92 Å². The Kier molecular flexibility index (Phi) is 3.68. The first-order valence-electron chi connectivity index (χ1n) is 4.94. The summed E-state index contributed by atoms with van der Waals surface area (Å²) in [6.45, 7) is 2.04. The number of hydrogen-bond acceptors (Lipinski definition) is 6. The van der Waals surface area contributed by atoms with Crippen molar-refractivity contribution in [3.05, 3.63) is 32.2 Å². The zero-order valence-corrected chi connectivity index (χ0v) is 11.0. The molecule has 0 atom stereocenters. The third-order valence-electron chi connectivity index (χ3n) is 2.02. The van der Waals surface area contributed by atoms with Crippen molar-refractivity contribution in [3.63, 3.8) is 0 Å². The molecule has 0 fully saturated rings. The summed E-state index contributed by atoms with van der Waals surface area (Å²) in [5, 5.41) is 14.2. The molecule has 0 saturated carbocycles. The van der Waals surface area contributed by atoms with Crippen molar-refractivity contribution in [3.8, 4) is 0 Å². The van der Waals surface area contributed by atoms with E-state index in [4.69, 9.17) is 5.11 Å². The lowest BCUT2D eigenvalue weighted by Gasteiger charge is -1.99. The summed E-state index contributed by atoms with van der Waals surface area (Å²) >= 11 is 2.51. The fourth-order valence-corrected chi connectivity index (χ4v) is 2.60. The maximum Gasteiger partial charge on any atom is 0.355 e. The van der Waals surface area contributed by atoms with E-state index in [-0.39, 0.29) is 18.1 Å². The topological polar surface area (TPSA) is 92.2 Å². The predicted molar refractivity (Wildman–Crippen MR) is 67.1 cm³/mol. The molecule has 0 aromatic carbocycles. The first-order chi connectivity index (χ1) is 8.56. The van der Waals surface area contributed by atoms with Crippen LogP contribution in [0.3, 0.4) is 0 Å². The van der Waals surface area contributed by atoms with Crippen molar-refractivity contribution in [2.75, 3.05) is 0 Å². The Morgan fingerprint density at radius 3 is 2.83 bits per heavy atom. The Hall–Kier alpha value is -1.80. The van der Waals surface area contributed by atoms with Crippen molar-refractivity contribution < 1.29 is 14.7 Å². The molecule has 0 radical (unpaired) electrons. The number of carbonyl (C=O) groups excluding carboxylic acids is 1. The first kappa shape index (κ1) is 12.7. The summed E-state index contributed by atoms with van der Waals surface area (Å²) in [5.74, 6) is -1.30. The van der Waals surface area contributed by atoms with Crippen molar-refractivity contribution in [1.29, 1.82) is 0 Å². The molecule has 2 heterocycles. The van der Waals surface area contributed by atoms with E-state index in [2.05, 4.69) is 15.3 Å². The van der Waals surface area contributed by atoms with Crippen LogP contribution in [0.2, 0.25) is 0 Å². The number of nitrogens with one attached hydrogen (secondary N) is 1. The number of carbonyl (C=O) groups is 2. The van der Waals surface area contributed by atoms with Crippen LogP contribution in [0.25, 0.3) is 0 Å². The third-order valence-corrected chi connectivity index (χ3v) is 3.78. The number of amides is 1. The molecule has 0 aliphatic carbocycles. The van der Waals surface area contributed by atoms with Crippen LogP contribution in [0.15, 0.2) is 11.6 Å². The highest BCUT2D eigenvalue weighted by Crippen LogP contribution is 2.12. The number of aryl methyl sites for hydroxylation is 1. The molecule has 8 heteroatoms. The van der Waals surface area contributed by atoms with E-state index in [1.165, 1.54) is 34.3 Å². The average Bonchev–Trinajstić information content (AvgIpc) is 2.94. The minimum Gasteiger partial charge on any atom is -0.476 e. The third kappa shape index (κ3) is 2.90. The van der Waals surface area contributed by atoms with Gasteiger partial charge in [0, 0.05) is 5.38 Å². The lowest BCUT2D eigenvalue weighted by atomic mass is 10.5. The molecule has 6 nitrogen and oxygen atoms in total. The van der Waals surface area contributed by atoms with E-state index in [0.29, 0.717) is 9.88 Å². The molecule has 0 unspecified atom stereocenters. The molecule has 2 rings (SSSR count). The normalized spacial score (nSPS) is 10.3. The summed E-state index contributed by atoms with van der Waals surface area (Å²) in [7, 11) is 0. The van der Waals surface area contributed by atoms with Gasteiger partial charge < -0.3 is 10.4 Å². The lowest BCUT2D eigenvalue weighted by molar-refractivity contribution is 0.0691. The van der Waals surface area contributed by atoms with E-state index >= 15 is 0 Å². The fourth-order valence-electron chi connectivity index (χ4n) is 1.20. The molecule has 0 saturated heterocycles. The van der Waals surface area contributed by atoms with Crippen LogP contribution in [-0.2, 0) is 6.54 Å². The second kappa shape index (κ2) is 5.23. The number of aromatic nitrogens is 2. The lowest BCUT2D eigenvalue weighted by Crippen LogP contribution is -2.21. The van der Waals surface area contributed by atoms with Gasteiger partial charge in [0.1, 0.15) is 9.88 Å². The van der Waals surface area contributed by atoms with Crippen molar-refractivity contribution in [1.82, 2.24) is 15.3 Å². The zero-order chi connectivity index (χ0) is 13.1. The van der Waals surface area contributed by atoms with Crippen LogP contribution in [0.4, 0.5) is 0 Å². The van der Waals surface area contributed by atoms with Gasteiger partial charge in [0.2, 0.25) is 0 Å². The standard InChI is InChI=1S/C10H9N3O3S2/c1-5-11-2-7(18-5)9(14)12-3-8-13-6(4-17-8)10(15)16/h2,4H,3H2,1H3,(H,12,14)(H,15,16). The van der Waals surface area contributed by atoms with Crippen LogP contribution in [-0.4, -0.2) is 27.0 Å². The maximum atomic E-state index is 11.7. The maximum absolute atomic E-state index is 11.7. The Labute approximate surface area is 110 Å². The largest absolute Gasteiger partial charge is 0.476 e. The number of hydrogen-bond donors (Lipinski definition) is 2. The van der Waals surface area contributed by atoms with Crippen molar-refractivity contribution in [2.45, 2.75) is 13.5 Å². The minimum atomic E-state index is -1.07. The molecule has 2 aromatic heterocycles. The summed E-state index contributed by atoms with van der Waals surface area (Å²) < 4.78 is 0. The van der Waals surface area contributed by atoms with Crippen LogP contribution in [0, 0.1) is 6.92 Å². The average molecular weight is 283 g/mol. The Bertz CT molecular complexity index is 591. The minimum absolute atomic E-state index is 0.00196. The number of carboxylic acid groups (broad SMARTS) is 1. The molecule has 0 spiro atoms. The van der Waals surface area contributed by atoms with E-state index in [0.717, 1.165) is 5.01 Å². The predicted octanol–water partition coefficient (Wildman–Crippen LogP) is 1.54. The smallest absolute Gasteiger partial charge is 0.355 e. The molecule has 2 N–H and O–H groups in total. The molecular weight excluding hydrogens is 274 g/mol. The second-order valence-corrected chi connectivity index (χ2v) is 5.54. The highest BCUT2D eigenvalue weighted by Gasteiger charge is 2.11. The van der Waals surface area contributed by atoms with Gasteiger partial charge in [-0.2, -0.15) is 0 Å². The fraction of sp³-hybridized carbons (Fsp3) is 0.200. The van der Waals surface area contributed by atoms with Crippen LogP contribution in [0.1, 0.15) is 30.2 Å². The van der Waals surface area contributed by atoms with Gasteiger partial charge in [0.25, 0.3) is 5.91 Å². The van der Waals surface area contributed by atoms with Crippen LogP contribution >= 0.6 is 22.7 Å². The number of nitrogens with zero attached hydrogens (tertiary/aromatic N) is 2. The zero-order valence-electron chi connectivity index (χ0n) is 9.34. The Morgan fingerprint density at radius 2 is 2.28 bits per heavy atom. The summed E-state index contributed by atoms with van der Waals surface area (Å²) in [6.07, 6.45) is 1.51. The van der Waals surface area contributed by atoms with Gasteiger partial charge in [0.05, 0.1) is 17.7 Å². The number of aromatic carboxylic acids is 1. The summed E-state index contributed by atoms with van der Waals surface area (Å²) in [5.41, 5.74) is -0.00196. The van der Waals surface area contributed by atoms with Gasteiger partial charge in [-0.15, -0.1) is 22.7 Å². The Morgan fingerprint density at radius 1 is 1.50 bits per heavy atom. The number of carboxylic acids is 1. The molecule has 2 aromatic rings. The van der Waals surface area contributed by atoms with E-state index < -0.39 is 5.97 Å². The van der Waals surface area contributed by atoms with Crippen LogP contribution in [0.5, 0.6) is 0 Å². The van der Waals surface area contributed by atoms with Crippen LogP contribution < -0.4 is 5.32 Å². The molecule has 18 heavy (non-hydrogen) atoms. The molecule has 0 aliphatic heterocycles. The van der Waals surface area contributed by atoms with Gasteiger partial charge in [-0.1, -0.05) is 0 Å². The SMILES string of the molecule is Cc1ncc(C(=O)NCc2nc(C(=O)O)cs2)s1. The highest BCUT2D eigenvalue weighted by molar-refractivity contribution is 7.13. The molecule has 0 bridgehead atoms. The molecule has 0 aliphatic rings. The van der Waals surface area contributed by atoms with E-state index in [1.54, 1.807) is 0 Å². The second-order valence-electron chi connectivity index (χ2n) is 3.36.